The van der Waals surface area contributed by atoms with Crippen molar-refractivity contribution in [1.82, 2.24) is 4.90 Å². The molecule has 0 spiro atoms. The number of non-ortho nitro benzene ring substituents is 1. The van der Waals surface area contributed by atoms with Crippen LogP contribution in [-0.4, -0.2) is 34.9 Å². The van der Waals surface area contributed by atoms with E-state index in [0.717, 1.165) is 19.4 Å². The Bertz CT molecular complexity index is 531. The molecule has 0 unspecified atom stereocenters. The number of nitrogens with two attached hydrogens (primary N) is 1. The molecule has 1 heterocycles. The molecule has 114 valence electrons. The average molecular weight is 291 g/mol. The van der Waals surface area contributed by atoms with Gasteiger partial charge in [0, 0.05) is 31.3 Å². The molecule has 1 fully saturated rings. The molecule has 2 atom stereocenters. The van der Waals surface area contributed by atoms with Crippen LogP contribution in [-0.2, 0) is 11.2 Å². The van der Waals surface area contributed by atoms with Crippen LogP contribution in [0.3, 0.4) is 0 Å². The van der Waals surface area contributed by atoms with Crippen LogP contribution in [0.15, 0.2) is 24.3 Å². The molecular weight excluding hydrogens is 270 g/mol. The van der Waals surface area contributed by atoms with E-state index in [4.69, 9.17) is 5.73 Å². The molecule has 0 aliphatic carbocycles. The highest BCUT2D eigenvalue weighted by Gasteiger charge is 2.25. The Hall–Kier alpha value is -1.95. The van der Waals surface area contributed by atoms with Gasteiger partial charge >= 0.3 is 0 Å². The van der Waals surface area contributed by atoms with Crippen LogP contribution >= 0.6 is 0 Å². The molecule has 1 aromatic carbocycles. The monoisotopic (exact) mass is 291 g/mol. The quantitative estimate of drug-likeness (QED) is 0.675. The third-order valence-corrected chi connectivity index (χ3v) is 4.03. The number of nitrogens with zero attached hydrogens (tertiary/aromatic N) is 2. The lowest BCUT2D eigenvalue weighted by Crippen LogP contribution is -2.45. The molecule has 0 radical (unpaired) electrons. The van der Waals surface area contributed by atoms with E-state index in [1.54, 1.807) is 12.1 Å². The van der Waals surface area contributed by atoms with E-state index >= 15 is 0 Å². The number of piperidine rings is 1. The van der Waals surface area contributed by atoms with E-state index < -0.39 is 4.92 Å². The van der Waals surface area contributed by atoms with Crippen molar-refractivity contribution in [2.75, 3.05) is 13.1 Å². The van der Waals surface area contributed by atoms with Gasteiger partial charge < -0.3 is 10.6 Å². The van der Waals surface area contributed by atoms with Crippen molar-refractivity contribution < 1.29 is 9.72 Å². The minimum Gasteiger partial charge on any atom is -0.342 e. The molecule has 6 nitrogen and oxygen atoms in total. The van der Waals surface area contributed by atoms with Gasteiger partial charge in [-0.15, -0.1) is 0 Å². The number of likely N-dealkylation sites (tertiary alicyclic amines) is 1. The molecule has 0 saturated carbocycles. The number of carbonyl (C=O) groups excluding carboxylic acids is 1. The van der Waals surface area contributed by atoms with E-state index in [2.05, 4.69) is 0 Å². The summed E-state index contributed by atoms with van der Waals surface area (Å²) in [5.41, 5.74) is 6.62. The van der Waals surface area contributed by atoms with Crippen molar-refractivity contribution in [1.29, 1.82) is 0 Å². The van der Waals surface area contributed by atoms with Gasteiger partial charge in [-0.3, -0.25) is 14.9 Å². The van der Waals surface area contributed by atoms with Crippen molar-refractivity contribution in [3.8, 4) is 0 Å². The SMILES string of the molecule is C[C@H](N)[C@@H]1CCCN(C(=O)Cc2cccc([N+](=O)[O-])c2)C1. The summed E-state index contributed by atoms with van der Waals surface area (Å²) in [4.78, 5) is 24.5. The third kappa shape index (κ3) is 4.01. The first kappa shape index (κ1) is 15.4. The van der Waals surface area contributed by atoms with Crippen LogP contribution < -0.4 is 5.73 Å². The number of rotatable bonds is 4. The normalized spacial score (nSPS) is 20.1. The maximum atomic E-state index is 12.3. The molecule has 2 rings (SSSR count). The smallest absolute Gasteiger partial charge is 0.269 e. The predicted octanol–water partition coefficient (Wildman–Crippen LogP) is 1.72. The average Bonchev–Trinajstić information content (AvgIpc) is 2.47. The molecule has 1 aliphatic rings. The zero-order valence-electron chi connectivity index (χ0n) is 12.2. The van der Waals surface area contributed by atoms with Crippen molar-refractivity contribution in [2.45, 2.75) is 32.2 Å². The number of nitro groups is 1. The highest BCUT2D eigenvalue weighted by atomic mass is 16.6. The molecular formula is C15H21N3O3. The van der Waals surface area contributed by atoms with Crippen LogP contribution in [0.1, 0.15) is 25.3 Å². The van der Waals surface area contributed by atoms with Gasteiger partial charge in [0.05, 0.1) is 11.3 Å². The summed E-state index contributed by atoms with van der Waals surface area (Å²) in [6, 6.07) is 6.34. The Labute approximate surface area is 124 Å². The Balaban J connectivity index is 2.01. The summed E-state index contributed by atoms with van der Waals surface area (Å²) in [7, 11) is 0. The summed E-state index contributed by atoms with van der Waals surface area (Å²) >= 11 is 0. The summed E-state index contributed by atoms with van der Waals surface area (Å²) in [5, 5.41) is 10.8. The summed E-state index contributed by atoms with van der Waals surface area (Å²) in [6.45, 7) is 3.40. The van der Waals surface area contributed by atoms with Gasteiger partial charge in [-0.05, 0) is 31.2 Å². The summed E-state index contributed by atoms with van der Waals surface area (Å²) in [6.07, 6.45) is 2.22. The van der Waals surface area contributed by atoms with Crippen LogP contribution in [0, 0.1) is 16.0 Å². The topological polar surface area (TPSA) is 89.5 Å². The number of amides is 1. The van der Waals surface area contributed by atoms with E-state index in [1.807, 2.05) is 11.8 Å². The van der Waals surface area contributed by atoms with Crippen molar-refractivity contribution in [2.24, 2.45) is 11.7 Å². The molecule has 0 aromatic heterocycles. The predicted molar refractivity (Wildman–Crippen MR) is 79.8 cm³/mol. The van der Waals surface area contributed by atoms with Gasteiger partial charge in [0.2, 0.25) is 5.91 Å². The largest absolute Gasteiger partial charge is 0.342 e. The zero-order valence-corrected chi connectivity index (χ0v) is 12.2. The molecule has 1 aliphatic heterocycles. The lowest BCUT2D eigenvalue weighted by atomic mass is 9.92. The lowest BCUT2D eigenvalue weighted by molar-refractivity contribution is -0.384. The van der Waals surface area contributed by atoms with Crippen LogP contribution in [0.2, 0.25) is 0 Å². The number of carbonyl (C=O) groups is 1. The number of hydrogen-bond acceptors (Lipinski definition) is 4. The maximum absolute atomic E-state index is 12.3. The highest BCUT2D eigenvalue weighted by molar-refractivity contribution is 5.79. The third-order valence-electron chi connectivity index (χ3n) is 4.03. The molecule has 1 saturated heterocycles. The van der Waals surface area contributed by atoms with Crippen LogP contribution in [0.25, 0.3) is 0 Å². The minimum absolute atomic E-state index is 0.0147. The Morgan fingerprint density at radius 2 is 2.33 bits per heavy atom. The lowest BCUT2D eigenvalue weighted by Gasteiger charge is -2.34. The minimum atomic E-state index is -0.443. The van der Waals surface area contributed by atoms with Crippen molar-refractivity contribution in [3.05, 3.63) is 39.9 Å². The van der Waals surface area contributed by atoms with Crippen molar-refractivity contribution in [3.63, 3.8) is 0 Å². The Morgan fingerprint density at radius 1 is 1.57 bits per heavy atom. The van der Waals surface area contributed by atoms with Gasteiger partial charge in [-0.2, -0.15) is 0 Å². The van der Waals surface area contributed by atoms with E-state index in [9.17, 15) is 14.9 Å². The highest BCUT2D eigenvalue weighted by Crippen LogP contribution is 2.20. The fraction of sp³-hybridized carbons (Fsp3) is 0.533. The maximum Gasteiger partial charge on any atom is 0.269 e. The number of hydrogen-bond donors (Lipinski definition) is 1. The molecule has 0 bridgehead atoms. The molecule has 21 heavy (non-hydrogen) atoms. The van der Waals surface area contributed by atoms with Gasteiger partial charge in [0.15, 0.2) is 0 Å². The van der Waals surface area contributed by atoms with Gasteiger partial charge in [0.1, 0.15) is 0 Å². The molecule has 1 aromatic rings. The number of nitro benzene ring substituents is 1. The first-order valence-electron chi connectivity index (χ1n) is 7.24. The Kier molecular flexibility index (Phi) is 4.90. The summed E-state index contributed by atoms with van der Waals surface area (Å²) in [5.74, 6) is 0.355. The van der Waals surface area contributed by atoms with Crippen molar-refractivity contribution >= 4 is 11.6 Å². The first-order valence-corrected chi connectivity index (χ1v) is 7.24. The van der Waals surface area contributed by atoms with Gasteiger partial charge in [0.25, 0.3) is 5.69 Å². The van der Waals surface area contributed by atoms with Crippen LogP contribution in [0.5, 0.6) is 0 Å². The fourth-order valence-corrected chi connectivity index (χ4v) is 2.73. The van der Waals surface area contributed by atoms with Gasteiger partial charge in [-0.1, -0.05) is 12.1 Å². The van der Waals surface area contributed by atoms with E-state index in [0.29, 0.717) is 18.0 Å². The zero-order chi connectivity index (χ0) is 15.4. The van der Waals surface area contributed by atoms with E-state index in [1.165, 1.54) is 12.1 Å². The second-order valence-electron chi connectivity index (χ2n) is 5.70. The molecule has 6 heteroatoms. The summed E-state index contributed by atoms with van der Waals surface area (Å²) < 4.78 is 0. The van der Waals surface area contributed by atoms with Gasteiger partial charge in [-0.25, -0.2) is 0 Å². The second-order valence-corrected chi connectivity index (χ2v) is 5.70. The first-order chi connectivity index (χ1) is 9.97. The van der Waals surface area contributed by atoms with Crippen LogP contribution in [0.4, 0.5) is 5.69 Å². The Morgan fingerprint density at radius 3 is 3.00 bits per heavy atom. The molecule has 2 N–H and O–H groups in total. The molecule has 1 amide bonds. The number of benzene rings is 1. The standard InChI is InChI=1S/C15H21N3O3/c1-11(16)13-5-3-7-17(10-13)15(19)9-12-4-2-6-14(8-12)18(20)21/h2,4,6,8,11,13H,3,5,7,9-10,16H2,1H3/t11-,13+/m0/s1. The van der Waals surface area contributed by atoms with E-state index in [-0.39, 0.29) is 24.1 Å². The fourth-order valence-electron chi connectivity index (χ4n) is 2.73. The second kappa shape index (κ2) is 6.67.